The van der Waals surface area contributed by atoms with E-state index in [9.17, 15) is 14.9 Å². The van der Waals surface area contributed by atoms with Crippen LogP contribution in [0, 0.1) is 17.0 Å². The number of amides is 1. The number of nitrogens with zero attached hydrogens (tertiary/aromatic N) is 1. The van der Waals surface area contributed by atoms with Gasteiger partial charge in [-0.3, -0.25) is 14.9 Å². The highest BCUT2D eigenvalue weighted by atomic mass is 79.9. The molecule has 1 N–H and O–H groups in total. The maximum atomic E-state index is 12.2. The van der Waals surface area contributed by atoms with Crippen LogP contribution >= 0.6 is 27.5 Å². The molecule has 2 aromatic rings. The lowest BCUT2D eigenvalue weighted by Gasteiger charge is -2.10. The zero-order valence-electron chi connectivity index (χ0n) is 10.9. The summed E-state index contributed by atoms with van der Waals surface area (Å²) >= 11 is 9.26. The first kappa shape index (κ1) is 15.5. The number of carbonyl (C=O) groups excluding carboxylic acids is 1. The van der Waals surface area contributed by atoms with Gasteiger partial charge in [-0.15, -0.1) is 0 Å². The summed E-state index contributed by atoms with van der Waals surface area (Å²) in [5.41, 5.74) is 1.35. The molecule has 0 heterocycles. The summed E-state index contributed by atoms with van der Waals surface area (Å²) in [4.78, 5) is 22.4. The maximum absolute atomic E-state index is 12.2. The van der Waals surface area contributed by atoms with Gasteiger partial charge in [0.2, 0.25) is 0 Å². The molecule has 0 atom stereocenters. The molecule has 0 saturated heterocycles. The van der Waals surface area contributed by atoms with Crippen molar-refractivity contribution in [2.45, 2.75) is 6.92 Å². The number of hydrogen-bond acceptors (Lipinski definition) is 3. The summed E-state index contributed by atoms with van der Waals surface area (Å²) in [5, 5.41) is 13.6. The summed E-state index contributed by atoms with van der Waals surface area (Å²) in [5.74, 6) is -0.495. The molecule has 0 spiro atoms. The van der Waals surface area contributed by atoms with Crippen molar-refractivity contribution in [2.75, 3.05) is 5.32 Å². The third-order valence-corrected chi connectivity index (χ3v) is 3.68. The SMILES string of the molecule is Cc1ccc(Br)cc1NC(=O)c1cc([N+](=O)[O-])ccc1Cl. The number of nitro benzene ring substituents is 1. The Morgan fingerprint density at radius 2 is 2.00 bits per heavy atom. The van der Waals surface area contributed by atoms with Gasteiger partial charge in [-0.1, -0.05) is 33.6 Å². The second-order valence-corrected chi connectivity index (χ2v) is 5.66. The molecule has 0 saturated carbocycles. The average molecular weight is 370 g/mol. The van der Waals surface area contributed by atoms with E-state index in [0.717, 1.165) is 16.1 Å². The Hall–Kier alpha value is -1.92. The first-order valence-electron chi connectivity index (χ1n) is 5.90. The number of hydrogen-bond donors (Lipinski definition) is 1. The van der Waals surface area contributed by atoms with Gasteiger partial charge in [0.05, 0.1) is 15.5 Å². The lowest BCUT2D eigenvalue weighted by Crippen LogP contribution is -2.13. The number of non-ortho nitro benzene ring substituents is 1. The summed E-state index contributed by atoms with van der Waals surface area (Å²) in [7, 11) is 0. The molecular weight excluding hydrogens is 360 g/mol. The number of rotatable bonds is 3. The second-order valence-electron chi connectivity index (χ2n) is 4.33. The maximum Gasteiger partial charge on any atom is 0.270 e. The van der Waals surface area contributed by atoms with E-state index in [0.29, 0.717) is 5.69 Å². The van der Waals surface area contributed by atoms with Gasteiger partial charge in [0.25, 0.3) is 11.6 Å². The topological polar surface area (TPSA) is 72.2 Å². The minimum Gasteiger partial charge on any atom is -0.322 e. The van der Waals surface area contributed by atoms with Gasteiger partial charge in [0.15, 0.2) is 0 Å². The van der Waals surface area contributed by atoms with Crippen molar-refractivity contribution in [1.82, 2.24) is 0 Å². The third kappa shape index (κ3) is 3.59. The molecule has 0 aliphatic heterocycles. The van der Waals surface area contributed by atoms with E-state index in [-0.39, 0.29) is 16.3 Å². The Bertz CT molecular complexity index is 734. The van der Waals surface area contributed by atoms with E-state index in [2.05, 4.69) is 21.2 Å². The molecule has 0 radical (unpaired) electrons. The Morgan fingerprint density at radius 1 is 1.29 bits per heavy atom. The van der Waals surface area contributed by atoms with Gasteiger partial charge >= 0.3 is 0 Å². The van der Waals surface area contributed by atoms with Crippen molar-refractivity contribution in [3.05, 3.63) is 67.1 Å². The van der Waals surface area contributed by atoms with Gasteiger partial charge in [-0.05, 0) is 30.7 Å². The molecule has 0 aromatic heterocycles. The summed E-state index contributed by atoms with van der Waals surface area (Å²) < 4.78 is 0.813. The van der Waals surface area contributed by atoms with E-state index >= 15 is 0 Å². The predicted molar refractivity (Wildman–Crippen MR) is 84.9 cm³/mol. The van der Waals surface area contributed by atoms with Crippen LogP contribution in [-0.2, 0) is 0 Å². The number of benzene rings is 2. The molecule has 5 nitrogen and oxygen atoms in total. The normalized spacial score (nSPS) is 10.2. The fourth-order valence-electron chi connectivity index (χ4n) is 1.72. The van der Waals surface area contributed by atoms with Gasteiger partial charge in [0, 0.05) is 22.3 Å². The second kappa shape index (κ2) is 6.24. The standard InChI is InChI=1S/C14H10BrClN2O3/c1-8-2-3-9(15)6-13(8)17-14(19)11-7-10(18(20)21)4-5-12(11)16/h2-7H,1H3,(H,17,19). The number of carbonyl (C=O) groups is 1. The van der Waals surface area contributed by atoms with Crippen LogP contribution in [0.2, 0.25) is 5.02 Å². The van der Waals surface area contributed by atoms with E-state index in [1.54, 1.807) is 6.07 Å². The largest absolute Gasteiger partial charge is 0.322 e. The number of aryl methyl sites for hydroxylation is 1. The first-order valence-corrected chi connectivity index (χ1v) is 7.07. The van der Waals surface area contributed by atoms with Crippen molar-refractivity contribution in [3.63, 3.8) is 0 Å². The van der Waals surface area contributed by atoms with E-state index in [4.69, 9.17) is 11.6 Å². The molecule has 0 aliphatic rings. The van der Waals surface area contributed by atoms with Gasteiger partial charge in [0.1, 0.15) is 0 Å². The zero-order chi connectivity index (χ0) is 15.6. The molecule has 0 aliphatic carbocycles. The molecular formula is C14H10BrClN2O3. The van der Waals surface area contributed by atoms with Crippen LogP contribution in [0.1, 0.15) is 15.9 Å². The number of nitro groups is 1. The third-order valence-electron chi connectivity index (χ3n) is 2.85. The number of halogens is 2. The molecule has 1 amide bonds. The van der Waals surface area contributed by atoms with Crippen LogP contribution in [0.4, 0.5) is 11.4 Å². The Morgan fingerprint density at radius 3 is 2.67 bits per heavy atom. The minimum absolute atomic E-state index is 0.0604. The summed E-state index contributed by atoms with van der Waals surface area (Å²) in [6.07, 6.45) is 0. The van der Waals surface area contributed by atoms with Crippen LogP contribution < -0.4 is 5.32 Å². The smallest absolute Gasteiger partial charge is 0.270 e. The summed E-state index contributed by atoms with van der Waals surface area (Å²) in [6, 6.07) is 9.19. The highest BCUT2D eigenvalue weighted by Crippen LogP contribution is 2.25. The quantitative estimate of drug-likeness (QED) is 0.636. The summed E-state index contributed by atoms with van der Waals surface area (Å²) in [6.45, 7) is 1.84. The highest BCUT2D eigenvalue weighted by Gasteiger charge is 2.16. The average Bonchev–Trinajstić information content (AvgIpc) is 2.43. The molecule has 2 rings (SSSR count). The molecule has 108 valence electrons. The monoisotopic (exact) mass is 368 g/mol. The molecule has 0 bridgehead atoms. The van der Waals surface area contributed by atoms with Crippen LogP contribution in [0.25, 0.3) is 0 Å². The molecule has 0 fully saturated rings. The van der Waals surface area contributed by atoms with Crippen molar-refractivity contribution in [1.29, 1.82) is 0 Å². The minimum atomic E-state index is -0.572. The molecule has 0 unspecified atom stereocenters. The highest BCUT2D eigenvalue weighted by molar-refractivity contribution is 9.10. The van der Waals surface area contributed by atoms with E-state index in [1.807, 2.05) is 19.1 Å². The number of nitrogens with one attached hydrogen (secondary N) is 1. The van der Waals surface area contributed by atoms with Gasteiger partial charge in [-0.2, -0.15) is 0 Å². The van der Waals surface area contributed by atoms with E-state index in [1.165, 1.54) is 12.1 Å². The van der Waals surface area contributed by atoms with Crippen molar-refractivity contribution >= 4 is 44.8 Å². The predicted octanol–water partition coefficient (Wildman–Crippen LogP) is 4.57. The van der Waals surface area contributed by atoms with E-state index < -0.39 is 10.8 Å². The van der Waals surface area contributed by atoms with Crippen LogP contribution in [0.5, 0.6) is 0 Å². The van der Waals surface area contributed by atoms with Gasteiger partial charge < -0.3 is 5.32 Å². The van der Waals surface area contributed by atoms with Crippen LogP contribution in [0.3, 0.4) is 0 Å². The molecule has 21 heavy (non-hydrogen) atoms. The fourth-order valence-corrected chi connectivity index (χ4v) is 2.28. The van der Waals surface area contributed by atoms with Gasteiger partial charge in [-0.25, -0.2) is 0 Å². The fraction of sp³-hybridized carbons (Fsp3) is 0.0714. The lowest BCUT2D eigenvalue weighted by atomic mass is 10.1. The molecule has 2 aromatic carbocycles. The van der Waals surface area contributed by atoms with Crippen molar-refractivity contribution in [3.8, 4) is 0 Å². The Balaban J connectivity index is 2.34. The van der Waals surface area contributed by atoms with Crippen LogP contribution in [-0.4, -0.2) is 10.8 Å². The lowest BCUT2D eigenvalue weighted by molar-refractivity contribution is -0.384. The Labute approximate surface area is 134 Å². The van der Waals surface area contributed by atoms with Crippen molar-refractivity contribution < 1.29 is 9.72 Å². The zero-order valence-corrected chi connectivity index (χ0v) is 13.2. The van der Waals surface area contributed by atoms with Crippen LogP contribution in [0.15, 0.2) is 40.9 Å². The first-order chi connectivity index (χ1) is 9.88. The van der Waals surface area contributed by atoms with Crippen molar-refractivity contribution in [2.24, 2.45) is 0 Å². The number of anilines is 1. The molecule has 7 heteroatoms. The Kier molecular flexibility index (Phi) is 4.59.